The molecule has 0 spiro atoms. The van der Waals surface area contributed by atoms with Gasteiger partial charge in [0.1, 0.15) is 5.75 Å². The van der Waals surface area contributed by atoms with E-state index in [0.29, 0.717) is 6.54 Å². The summed E-state index contributed by atoms with van der Waals surface area (Å²) in [5.41, 5.74) is 3.73. The summed E-state index contributed by atoms with van der Waals surface area (Å²) in [7, 11) is 1.68. The van der Waals surface area contributed by atoms with Crippen molar-refractivity contribution in [3.8, 4) is 5.75 Å². The summed E-state index contributed by atoms with van der Waals surface area (Å²) in [5.74, 6) is 3.10. The molecular formula is C39H42N2O2. The molecule has 4 saturated carbocycles. The lowest BCUT2D eigenvalue weighted by molar-refractivity contribution is -0.136. The highest BCUT2D eigenvalue weighted by Crippen LogP contribution is 2.62. The minimum Gasteiger partial charge on any atom is -0.497 e. The van der Waals surface area contributed by atoms with Gasteiger partial charge in [-0.05, 0) is 96.1 Å². The third kappa shape index (κ3) is 5.27. The van der Waals surface area contributed by atoms with Gasteiger partial charge >= 0.3 is 0 Å². The zero-order valence-corrected chi connectivity index (χ0v) is 25.0. The van der Waals surface area contributed by atoms with Crippen LogP contribution in [0.3, 0.4) is 0 Å². The maximum atomic E-state index is 14.7. The van der Waals surface area contributed by atoms with Crippen molar-refractivity contribution in [1.82, 2.24) is 10.6 Å². The topological polar surface area (TPSA) is 50.4 Å². The molecule has 1 atom stereocenters. The fourth-order valence-corrected chi connectivity index (χ4v) is 9.09. The van der Waals surface area contributed by atoms with Gasteiger partial charge in [-0.2, -0.15) is 0 Å². The van der Waals surface area contributed by atoms with Gasteiger partial charge in [-0.15, -0.1) is 0 Å². The number of carbonyl (C=O) groups is 1. The molecule has 43 heavy (non-hydrogen) atoms. The number of methoxy groups -OCH3 is 1. The van der Waals surface area contributed by atoms with Crippen molar-refractivity contribution >= 4 is 5.91 Å². The van der Waals surface area contributed by atoms with Crippen LogP contribution in [0.4, 0.5) is 0 Å². The van der Waals surface area contributed by atoms with Gasteiger partial charge in [0.25, 0.3) is 0 Å². The summed E-state index contributed by atoms with van der Waals surface area (Å²) in [6, 6.07) is 39.8. The molecule has 4 nitrogen and oxygen atoms in total. The molecule has 0 aliphatic heterocycles. The Bertz CT molecular complexity index is 1390. The molecular weight excluding hydrogens is 528 g/mol. The summed E-state index contributed by atoms with van der Waals surface area (Å²) in [6.07, 6.45) is 7.38. The van der Waals surface area contributed by atoms with E-state index in [2.05, 4.69) is 102 Å². The second-order valence-corrected chi connectivity index (χ2v) is 13.3. The number of rotatable bonds is 10. The molecule has 4 bridgehead atoms. The van der Waals surface area contributed by atoms with Gasteiger partial charge < -0.3 is 10.1 Å². The lowest BCUT2D eigenvalue weighted by Crippen LogP contribution is -2.65. The lowest BCUT2D eigenvalue weighted by Gasteiger charge is -2.60. The van der Waals surface area contributed by atoms with Crippen molar-refractivity contribution in [2.45, 2.75) is 56.7 Å². The highest BCUT2D eigenvalue weighted by Gasteiger charge is 2.57. The quantitative estimate of drug-likeness (QED) is 0.194. The van der Waals surface area contributed by atoms with E-state index in [1.165, 1.54) is 19.3 Å². The number of ether oxygens (including phenoxy) is 1. The van der Waals surface area contributed by atoms with Gasteiger partial charge in [-0.3, -0.25) is 10.1 Å². The Morgan fingerprint density at radius 2 is 1.16 bits per heavy atom. The van der Waals surface area contributed by atoms with Crippen LogP contribution in [-0.4, -0.2) is 19.1 Å². The van der Waals surface area contributed by atoms with Gasteiger partial charge in [0.2, 0.25) is 5.91 Å². The Balaban J connectivity index is 1.34. The van der Waals surface area contributed by atoms with E-state index in [-0.39, 0.29) is 17.4 Å². The maximum Gasteiger partial charge on any atom is 0.238 e. The molecule has 4 aromatic rings. The Hall–Kier alpha value is -3.89. The standard InChI is InChI=1S/C39H42N2O2/c1-43-35-19-17-28(18-20-35)27-40-37(42)36(38-24-29-21-30(25-38)23-31(22-29)26-38)41-39(32-11-5-2-6-12-32,33-13-7-3-8-14-33)34-15-9-4-10-16-34/h2-20,29-31,36,41H,21-27H2,1H3,(H,40,42). The van der Waals surface area contributed by atoms with Crippen LogP contribution in [0, 0.1) is 23.2 Å². The molecule has 4 fully saturated rings. The summed E-state index contributed by atoms with van der Waals surface area (Å²) in [4.78, 5) is 14.7. The first-order valence-corrected chi connectivity index (χ1v) is 15.9. The average Bonchev–Trinajstić information content (AvgIpc) is 3.05. The molecule has 0 aromatic heterocycles. The number of hydrogen-bond acceptors (Lipinski definition) is 3. The first kappa shape index (κ1) is 27.9. The lowest BCUT2D eigenvalue weighted by atomic mass is 9.47. The molecule has 4 aliphatic rings. The Morgan fingerprint density at radius 3 is 1.58 bits per heavy atom. The number of benzene rings is 4. The van der Waals surface area contributed by atoms with Crippen molar-refractivity contribution in [2.75, 3.05) is 7.11 Å². The van der Waals surface area contributed by atoms with E-state index in [4.69, 9.17) is 4.74 Å². The zero-order chi connectivity index (χ0) is 29.3. The molecule has 220 valence electrons. The molecule has 0 heterocycles. The largest absolute Gasteiger partial charge is 0.497 e. The summed E-state index contributed by atoms with van der Waals surface area (Å²) >= 11 is 0. The SMILES string of the molecule is COc1ccc(CNC(=O)C(NC(c2ccccc2)(c2ccccc2)c2ccccc2)C23CC4CC(CC(C4)C2)C3)cc1. The third-order valence-electron chi connectivity index (χ3n) is 10.6. The van der Waals surface area contributed by atoms with Gasteiger partial charge in [-0.1, -0.05) is 103 Å². The van der Waals surface area contributed by atoms with E-state index in [1.807, 2.05) is 24.3 Å². The van der Waals surface area contributed by atoms with E-state index >= 15 is 0 Å². The van der Waals surface area contributed by atoms with Crippen molar-refractivity contribution in [2.24, 2.45) is 23.2 Å². The molecule has 0 radical (unpaired) electrons. The maximum absolute atomic E-state index is 14.7. The number of amides is 1. The minimum absolute atomic E-state index is 0.0671. The van der Waals surface area contributed by atoms with Crippen LogP contribution in [0.1, 0.15) is 60.8 Å². The Morgan fingerprint density at radius 1 is 0.721 bits per heavy atom. The van der Waals surface area contributed by atoms with Crippen LogP contribution in [0.25, 0.3) is 0 Å². The van der Waals surface area contributed by atoms with Crippen LogP contribution in [0.15, 0.2) is 115 Å². The monoisotopic (exact) mass is 570 g/mol. The first-order valence-electron chi connectivity index (χ1n) is 15.9. The van der Waals surface area contributed by atoms with Crippen molar-refractivity contribution in [3.05, 3.63) is 138 Å². The van der Waals surface area contributed by atoms with E-state index in [9.17, 15) is 4.79 Å². The van der Waals surface area contributed by atoms with Gasteiger partial charge in [-0.25, -0.2) is 0 Å². The summed E-state index contributed by atoms with van der Waals surface area (Å²) in [6.45, 7) is 0.488. The van der Waals surface area contributed by atoms with Crippen LogP contribution < -0.4 is 15.4 Å². The molecule has 1 unspecified atom stereocenters. The zero-order valence-electron chi connectivity index (χ0n) is 25.0. The number of carbonyl (C=O) groups excluding carboxylic acids is 1. The fourth-order valence-electron chi connectivity index (χ4n) is 9.09. The molecule has 4 heteroatoms. The summed E-state index contributed by atoms with van der Waals surface area (Å²) in [5, 5.41) is 7.59. The highest BCUT2D eigenvalue weighted by molar-refractivity contribution is 5.83. The van der Waals surface area contributed by atoms with Crippen LogP contribution in [0.2, 0.25) is 0 Å². The molecule has 8 rings (SSSR count). The molecule has 0 saturated heterocycles. The third-order valence-corrected chi connectivity index (χ3v) is 10.6. The Kier molecular flexibility index (Phi) is 7.56. The average molecular weight is 571 g/mol. The molecule has 2 N–H and O–H groups in total. The predicted molar refractivity (Wildman–Crippen MR) is 172 cm³/mol. The normalized spacial score (nSPS) is 24.8. The van der Waals surface area contributed by atoms with Crippen LogP contribution in [-0.2, 0) is 16.9 Å². The Labute approximate surface area is 255 Å². The summed E-state index contributed by atoms with van der Waals surface area (Å²) < 4.78 is 5.35. The van der Waals surface area contributed by atoms with Crippen LogP contribution >= 0.6 is 0 Å². The second-order valence-electron chi connectivity index (χ2n) is 13.3. The van der Waals surface area contributed by atoms with Crippen molar-refractivity contribution in [3.63, 3.8) is 0 Å². The van der Waals surface area contributed by atoms with Gasteiger partial charge in [0.15, 0.2) is 0 Å². The first-order chi connectivity index (χ1) is 21.1. The number of hydrogen-bond donors (Lipinski definition) is 2. The molecule has 1 amide bonds. The van der Waals surface area contributed by atoms with Crippen LogP contribution in [0.5, 0.6) is 5.75 Å². The van der Waals surface area contributed by atoms with E-state index < -0.39 is 5.54 Å². The number of nitrogens with one attached hydrogen (secondary N) is 2. The van der Waals surface area contributed by atoms with Gasteiger partial charge in [0.05, 0.1) is 18.7 Å². The van der Waals surface area contributed by atoms with Crippen molar-refractivity contribution < 1.29 is 9.53 Å². The van der Waals surface area contributed by atoms with Gasteiger partial charge in [0, 0.05) is 6.54 Å². The molecule has 4 aromatic carbocycles. The van der Waals surface area contributed by atoms with E-state index in [0.717, 1.165) is 65.0 Å². The van der Waals surface area contributed by atoms with E-state index in [1.54, 1.807) is 7.11 Å². The minimum atomic E-state index is -0.699. The second kappa shape index (κ2) is 11.7. The predicted octanol–water partition coefficient (Wildman–Crippen LogP) is 7.48. The van der Waals surface area contributed by atoms with Crippen molar-refractivity contribution in [1.29, 1.82) is 0 Å². The highest BCUT2D eigenvalue weighted by atomic mass is 16.5. The fraction of sp³-hybridized carbons (Fsp3) is 0.359. The smallest absolute Gasteiger partial charge is 0.238 e. The molecule has 4 aliphatic carbocycles.